The lowest BCUT2D eigenvalue weighted by atomic mass is 10.0. The highest BCUT2D eigenvalue weighted by atomic mass is 32.2. The number of thioether (sulfide) groups is 1. The van der Waals surface area contributed by atoms with Gasteiger partial charge >= 0.3 is 0 Å². The minimum absolute atomic E-state index is 0.00962. The van der Waals surface area contributed by atoms with Crippen molar-refractivity contribution in [2.45, 2.75) is 51.2 Å². The number of aryl methyl sites for hydroxylation is 1. The van der Waals surface area contributed by atoms with Crippen molar-refractivity contribution >= 4 is 17.7 Å². The van der Waals surface area contributed by atoms with E-state index < -0.39 is 0 Å². The van der Waals surface area contributed by atoms with E-state index in [-0.39, 0.29) is 5.91 Å². The zero-order valence-electron chi connectivity index (χ0n) is 13.7. The molecular weight excluding hydrogens is 294 g/mol. The molecule has 0 aliphatic heterocycles. The summed E-state index contributed by atoms with van der Waals surface area (Å²) in [5.41, 5.74) is 1.72. The SMILES string of the molecule is CCOc1ccc(C(=O)NCCSC2CCCCC2)cc1C. The molecule has 122 valence electrons. The van der Waals surface area contributed by atoms with E-state index in [0.717, 1.165) is 28.9 Å². The molecule has 22 heavy (non-hydrogen) atoms. The van der Waals surface area contributed by atoms with E-state index in [1.807, 2.05) is 43.8 Å². The van der Waals surface area contributed by atoms with Crippen LogP contribution >= 0.6 is 11.8 Å². The molecule has 0 radical (unpaired) electrons. The van der Waals surface area contributed by atoms with Crippen molar-refractivity contribution in [1.82, 2.24) is 5.32 Å². The van der Waals surface area contributed by atoms with Gasteiger partial charge in [0.2, 0.25) is 0 Å². The van der Waals surface area contributed by atoms with Gasteiger partial charge in [-0.1, -0.05) is 19.3 Å². The van der Waals surface area contributed by atoms with Gasteiger partial charge in [-0.25, -0.2) is 0 Å². The highest BCUT2D eigenvalue weighted by Crippen LogP contribution is 2.27. The second-order valence-electron chi connectivity index (χ2n) is 5.80. The van der Waals surface area contributed by atoms with Crippen LogP contribution in [0.25, 0.3) is 0 Å². The van der Waals surface area contributed by atoms with Gasteiger partial charge < -0.3 is 10.1 Å². The molecule has 1 aromatic carbocycles. The second-order valence-corrected chi connectivity index (χ2v) is 7.21. The average Bonchev–Trinajstić information content (AvgIpc) is 2.54. The molecule has 3 nitrogen and oxygen atoms in total. The fraction of sp³-hybridized carbons (Fsp3) is 0.611. The van der Waals surface area contributed by atoms with Crippen LogP contribution in [0.15, 0.2) is 18.2 Å². The predicted molar refractivity (Wildman–Crippen MR) is 94.0 cm³/mol. The number of hydrogen-bond donors (Lipinski definition) is 1. The van der Waals surface area contributed by atoms with Gasteiger partial charge in [0.25, 0.3) is 5.91 Å². The number of rotatable bonds is 7. The lowest BCUT2D eigenvalue weighted by molar-refractivity contribution is 0.0956. The Labute approximate surface area is 138 Å². The molecule has 1 N–H and O–H groups in total. The third kappa shape index (κ3) is 5.24. The Bertz CT molecular complexity index is 484. The van der Waals surface area contributed by atoms with Gasteiger partial charge in [0.1, 0.15) is 5.75 Å². The summed E-state index contributed by atoms with van der Waals surface area (Å²) >= 11 is 2.01. The Balaban J connectivity index is 1.73. The molecule has 0 unspecified atom stereocenters. The van der Waals surface area contributed by atoms with E-state index in [2.05, 4.69) is 5.32 Å². The maximum absolute atomic E-state index is 12.2. The number of carbonyl (C=O) groups is 1. The third-order valence-electron chi connectivity index (χ3n) is 4.03. The molecule has 1 aromatic rings. The van der Waals surface area contributed by atoms with Crippen molar-refractivity contribution in [3.63, 3.8) is 0 Å². The maximum Gasteiger partial charge on any atom is 0.251 e. The fourth-order valence-electron chi connectivity index (χ4n) is 2.83. The smallest absolute Gasteiger partial charge is 0.251 e. The average molecular weight is 321 g/mol. The Hall–Kier alpha value is -1.16. The Morgan fingerprint density at radius 3 is 2.77 bits per heavy atom. The summed E-state index contributed by atoms with van der Waals surface area (Å²) in [6.45, 7) is 5.32. The molecule has 1 saturated carbocycles. The highest BCUT2D eigenvalue weighted by Gasteiger charge is 2.13. The quantitative estimate of drug-likeness (QED) is 0.765. The van der Waals surface area contributed by atoms with E-state index >= 15 is 0 Å². The minimum atomic E-state index is 0.00962. The molecular formula is C18H27NO2S. The van der Waals surface area contributed by atoms with Crippen molar-refractivity contribution in [1.29, 1.82) is 0 Å². The van der Waals surface area contributed by atoms with E-state index in [9.17, 15) is 4.79 Å². The summed E-state index contributed by atoms with van der Waals surface area (Å²) in [5, 5.41) is 3.82. The zero-order chi connectivity index (χ0) is 15.8. The van der Waals surface area contributed by atoms with Crippen molar-refractivity contribution in [2.24, 2.45) is 0 Å². The molecule has 2 rings (SSSR count). The molecule has 1 aliphatic rings. The Kier molecular flexibility index (Phi) is 7.10. The van der Waals surface area contributed by atoms with E-state index in [1.54, 1.807) is 0 Å². The largest absolute Gasteiger partial charge is 0.494 e. The van der Waals surface area contributed by atoms with E-state index in [1.165, 1.54) is 32.1 Å². The lowest BCUT2D eigenvalue weighted by Crippen LogP contribution is -2.26. The summed E-state index contributed by atoms with van der Waals surface area (Å²) in [6.07, 6.45) is 6.82. The molecule has 0 spiro atoms. The van der Waals surface area contributed by atoms with Crippen LogP contribution in [0.2, 0.25) is 0 Å². The summed E-state index contributed by atoms with van der Waals surface area (Å²) in [7, 11) is 0. The number of ether oxygens (including phenoxy) is 1. The van der Waals surface area contributed by atoms with Crippen LogP contribution in [0.5, 0.6) is 5.75 Å². The number of carbonyl (C=O) groups excluding carboxylic acids is 1. The van der Waals surface area contributed by atoms with Crippen LogP contribution in [-0.2, 0) is 0 Å². The second kappa shape index (κ2) is 9.09. The molecule has 0 aromatic heterocycles. The monoisotopic (exact) mass is 321 g/mol. The summed E-state index contributed by atoms with van der Waals surface area (Å²) < 4.78 is 5.50. The molecule has 4 heteroatoms. The highest BCUT2D eigenvalue weighted by molar-refractivity contribution is 7.99. The number of benzene rings is 1. The Morgan fingerprint density at radius 1 is 1.32 bits per heavy atom. The number of hydrogen-bond acceptors (Lipinski definition) is 3. The molecule has 1 fully saturated rings. The summed E-state index contributed by atoms with van der Waals surface area (Å²) in [4.78, 5) is 12.2. The van der Waals surface area contributed by atoms with Gasteiger partial charge in [0.15, 0.2) is 0 Å². The Morgan fingerprint density at radius 2 is 2.09 bits per heavy atom. The van der Waals surface area contributed by atoms with Gasteiger partial charge in [-0.15, -0.1) is 0 Å². The van der Waals surface area contributed by atoms with Crippen molar-refractivity contribution < 1.29 is 9.53 Å². The number of amides is 1. The van der Waals surface area contributed by atoms with Gasteiger partial charge in [0.05, 0.1) is 6.61 Å². The van der Waals surface area contributed by atoms with Crippen molar-refractivity contribution in [3.05, 3.63) is 29.3 Å². The summed E-state index contributed by atoms with van der Waals surface area (Å²) in [5.74, 6) is 1.87. The first-order valence-corrected chi connectivity index (χ1v) is 9.39. The molecule has 0 heterocycles. The molecule has 0 atom stereocenters. The topological polar surface area (TPSA) is 38.3 Å². The first-order valence-electron chi connectivity index (χ1n) is 8.34. The first kappa shape index (κ1) is 17.2. The van der Waals surface area contributed by atoms with Crippen molar-refractivity contribution in [3.8, 4) is 5.75 Å². The van der Waals surface area contributed by atoms with Gasteiger partial charge in [-0.3, -0.25) is 4.79 Å². The summed E-state index contributed by atoms with van der Waals surface area (Å²) in [6, 6.07) is 5.61. The van der Waals surface area contributed by atoms with E-state index in [4.69, 9.17) is 4.74 Å². The number of nitrogens with one attached hydrogen (secondary N) is 1. The fourth-order valence-corrected chi connectivity index (χ4v) is 4.05. The lowest BCUT2D eigenvalue weighted by Gasteiger charge is -2.20. The van der Waals surface area contributed by atoms with Gasteiger partial charge in [-0.05, 0) is 50.5 Å². The predicted octanol–water partition coefficient (Wildman–Crippen LogP) is 4.19. The van der Waals surface area contributed by atoms with Gasteiger partial charge in [-0.2, -0.15) is 11.8 Å². The molecule has 0 bridgehead atoms. The van der Waals surface area contributed by atoms with E-state index in [0.29, 0.717) is 12.2 Å². The van der Waals surface area contributed by atoms with Crippen LogP contribution in [0.1, 0.15) is 54.9 Å². The van der Waals surface area contributed by atoms with Crippen LogP contribution in [0, 0.1) is 6.92 Å². The van der Waals surface area contributed by atoms with Crippen LogP contribution in [0.4, 0.5) is 0 Å². The maximum atomic E-state index is 12.2. The third-order valence-corrected chi connectivity index (χ3v) is 5.41. The molecule has 1 amide bonds. The van der Waals surface area contributed by atoms with Crippen molar-refractivity contribution in [2.75, 3.05) is 18.9 Å². The van der Waals surface area contributed by atoms with Gasteiger partial charge in [0, 0.05) is 23.1 Å². The normalized spacial score (nSPS) is 15.5. The standard InChI is InChI=1S/C18H27NO2S/c1-3-21-17-10-9-15(13-14(17)2)18(20)19-11-12-22-16-7-5-4-6-8-16/h9-10,13,16H,3-8,11-12H2,1-2H3,(H,19,20). The first-order chi connectivity index (χ1) is 10.7. The molecule has 0 saturated heterocycles. The van der Waals surface area contributed by atoms with Crippen LogP contribution in [-0.4, -0.2) is 30.1 Å². The zero-order valence-corrected chi connectivity index (χ0v) is 14.5. The molecule has 1 aliphatic carbocycles. The van der Waals surface area contributed by atoms with Crippen LogP contribution in [0.3, 0.4) is 0 Å². The van der Waals surface area contributed by atoms with Crippen LogP contribution < -0.4 is 10.1 Å². The minimum Gasteiger partial charge on any atom is -0.494 e.